The minimum Gasteiger partial charge on any atom is -0.491 e. The van der Waals surface area contributed by atoms with Crippen LogP contribution in [0.15, 0.2) is 73.1 Å². The first-order valence-electron chi connectivity index (χ1n) is 11.9. The molecule has 2 amide bonds. The molecule has 0 saturated heterocycles. The van der Waals surface area contributed by atoms with E-state index >= 15 is 0 Å². The van der Waals surface area contributed by atoms with Crippen LogP contribution in [0.2, 0.25) is 0 Å². The van der Waals surface area contributed by atoms with Crippen molar-refractivity contribution < 1.29 is 19.1 Å². The highest BCUT2D eigenvalue weighted by Crippen LogP contribution is 2.28. The lowest BCUT2D eigenvalue weighted by atomic mass is 10.1. The van der Waals surface area contributed by atoms with Crippen molar-refractivity contribution >= 4 is 28.5 Å². The number of amides is 2. The van der Waals surface area contributed by atoms with Crippen molar-refractivity contribution in [2.45, 2.75) is 19.5 Å². The van der Waals surface area contributed by atoms with Crippen LogP contribution in [0.4, 0.5) is 5.69 Å². The number of aryl methyl sites for hydroxylation is 2. The van der Waals surface area contributed by atoms with Gasteiger partial charge in [0.05, 0.1) is 29.5 Å². The molecule has 0 aliphatic carbocycles. The summed E-state index contributed by atoms with van der Waals surface area (Å²) in [5.41, 5.74) is 4.56. The zero-order chi connectivity index (χ0) is 24.9. The van der Waals surface area contributed by atoms with Crippen LogP contribution in [-0.2, 0) is 29.0 Å². The van der Waals surface area contributed by atoms with Crippen molar-refractivity contribution in [3.63, 3.8) is 0 Å². The smallest absolute Gasteiger partial charge is 0.256 e. The summed E-state index contributed by atoms with van der Waals surface area (Å²) in [6.45, 7) is 1.89. The Bertz CT molecular complexity index is 1380. The molecule has 1 aliphatic rings. The summed E-state index contributed by atoms with van der Waals surface area (Å²) >= 11 is 0. The molecule has 0 atom stereocenters. The van der Waals surface area contributed by atoms with Gasteiger partial charge < -0.3 is 24.3 Å². The van der Waals surface area contributed by atoms with Crippen molar-refractivity contribution in [1.82, 2.24) is 14.5 Å². The van der Waals surface area contributed by atoms with Crippen LogP contribution in [0.3, 0.4) is 0 Å². The number of aromatic nitrogens is 2. The summed E-state index contributed by atoms with van der Waals surface area (Å²) in [4.78, 5) is 32.5. The van der Waals surface area contributed by atoms with Gasteiger partial charge in [0.15, 0.2) is 0 Å². The second-order valence-electron chi connectivity index (χ2n) is 8.73. The molecule has 0 bridgehead atoms. The lowest BCUT2D eigenvalue weighted by molar-refractivity contribution is -0.119. The molecule has 8 heteroatoms. The van der Waals surface area contributed by atoms with Gasteiger partial charge in [0, 0.05) is 31.5 Å². The molecule has 0 saturated carbocycles. The third-order valence-electron chi connectivity index (χ3n) is 6.23. The maximum atomic E-state index is 14.0. The highest BCUT2D eigenvalue weighted by atomic mass is 16.5. The number of carbonyl (C=O) groups is 2. The number of nitrogens with zero attached hydrogens (tertiary/aromatic N) is 3. The molecule has 2 heterocycles. The standard InChI is InChI=1S/C28H28N4O4/c1-35-18-26(33)30-22-15-23(28(34)31-13-14-36-25-10-6-5-9-21(25)17-31)27-24(16-22)29-19-32(27)12-11-20-7-3-2-4-8-20/h2-10,15-16,19H,11-14,17-18H2,1H3,(H,30,33). The van der Waals surface area contributed by atoms with Crippen molar-refractivity contribution in [2.24, 2.45) is 0 Å². The number of rotatable bonds is 7. The molecule has 36 heavy (non-hydrogen) atoms. The maximum absolute atomic E-state index is 14.0. The van der Waals surface area contributed by atoms with E-state index in [9.17, 15) is 9.59 Å². The van der Waals surface area contributed by atoms with Crippen molar-refractivity contribution in [3.8, 4) is 5.75 Å². The number of anilines is 1. The van der Waals surface area contributed by atoms with E-state index in [4.69, 9.17) is 9.47 Å². The first kappa shape index (κ1) is 23.6. The Labute approximate surface area is 209 Å². The number of benzene rings is 3. The summed E-state index contributed by atoms with van der Waals surface area (Å²) in [6.07, 6.45) is 2.56. The highest BCUT2D eigenvalue weighted by Gasteiger charge is 2.25. The molecule has 4 aromatic rings. The number of imidazole rings is 1. The van der Waals surface area contributed by atoms with Gasteiger partial charge in [-0.1, -0.05) is 48.5 Å². The Morgan fingerprint density at radius 3 is 2.72 bits per heavy atom. The van der Waals surface area contributed by atoms with Gasteiger partial charge in [-0.15, -0.1) is 0 Å². The van der Waals surface area contributed by atoms with Crippen LogP contribution >= 0.6 is 0 Å². The van der Waals surface area contributed by atoms with Crippen LogP contribution in [-0.4, -0.2) is 53.1 Å². The normalized spacial score (nSPS) is 13.1. The predicted octanol–water partition coefficient (Wildman–Crippen LogP) is 3.90. The van der Waals surface area contributed by atoms with Crippen LogP contribution in [0.1, 0.15) is 21.5 Å². The van der Waals surface area contributed by atoms with Gasteiger partial charge in [-0.3, -0.25) is 9.59 Å². The number of hydrogen-bond donors (Lipinski definition) is 1. The molecule has 3 aromatic carbocycles. The summed E-state index contributed by atoms with van der Waals surface area (Å²) in [5.74, 6) is 0.367. The third kappa shape index (κ3) is 5.08. The number of hydrogen-bond acceptors (Lipinski definition) is 5. The van der Waals surface area contributed by atoms with Gasteiger partial charge in [-0.25, -0.2) is 4.98 Å². The van der Waals surface area contributed by atoms with E-state index in [1.165, 1.54) is 12.7 Å². The second-order valence-corrected chi connectivity index (χ2v) is 8.73. The molecule has 1 aromatic heterocycles. The Hall–Kier alpha value is -4.17. The lowest BCUT2D eigenvalue weighted by Crippen LogP contribution is -2.33. The Morgan fingerprint density at radius 2 is 1.89 bits per heavy atom. The molecule has 0 fully saturated rings. The lowest BCUT2D eigenvalue weighted by Gasteiger charge is -2.21. The number of para-hydroxylation sites is 1. The average molecular weight is 485 g/mol. The first-order valence-corrected chi connectivity index (χ1v) is 11.9. The zero-order valence-corrected chi connectivity index (χ0v) is 20.1. The number of ether oxygens (including phenoxy) is 2. The minimum absolute atomic E-state index is 0.0763. The van der Waals surface area contributed by atoms with Crippen molar-refractivity contribution in [2.75, 3.05) is 32.2 Å². The van der Waals surface area contributed by atoms with Gasteiger partial charge in [0.25, 0.3) is 5.91 Å². The molecular weight excluding hydrogens is 456 g/mol. The number of methoxy groups -OCH3 is 1. The minimum atomic E-state index is -0.296. The average Bonchev–Trinajstić information content (AvgIpc) is 3.17. The number of carbonyl (C=O) groups excluding carboxylic acids is 2. The number of fused-ring (bicyclic) bond motifs is 2. The topological polar surface area (TPSA) is 85.7 Å². The Balaban J connectivity index is 1.51. The van der Waals surface area contributed by atoms with E-state index in [1.54, 1.807) is 23.4 Å². The van der Waals surface area contributed by atoms with E-state index in [0.717, 1.165) is 23.3 Å². The monoisotopic (exact) mass is 484 g/mol. The van der Waals surface area contributed by atoms with E-state index in [0.29, 0.717) is 43.0 Å². The summed E-state index contributed by atoms with van der Waals surface area (Å²) in [7, 11) is 1.46. The molecule has 0 unspecified atom stereocenters. The fraction of sp³-hybridized carbons (Fsp3) is 0.250. The molecule has 8 nitrogen and oxygen atoms in total. The Morgan fingerprint density at radius 1 is 1.08 bits per heavy atom. The molecule has 0 radical (unpaired) electrons. The summed E-state index contributed by atoms with van der Waals surface area (Å²) in [5, 5.41) is 2.82. The maximum Gasteiger partial charge on any atom is 0.256 e. The largest absolute Gasteiger partial charge is 0.491 e. The molecule has 1 aliphatic heterocycles. The quantitative estimate of drug-likeness (QED) is 0.430. The SMILES string of the molecule is COCC(=O)Nc1cc(C(=O)N2CCOc3ccccc3C2)c2c(c1)ncn2CCc1ccccc1. The van der Waals surface area contributed by atoms with Gasteiger partial charge >= 0.3 is 0 Å². The van der Waals surface area contributed by atoms with Gasteiger partial charge in [-0.05, 0) is 30.2 Å². The van der Waals surface area contributed by atoms with E-state index in [2.05, 4.69) is 22.4 Å². The van der Waals surface area contributed by atoms with E-state index < -0.39 is 0 Å². The summed E-state index contributed by atoms with van der Waals surface area (Å²) < 4.78 is 12.8. The molecule has 1 N–H and O–H groups in total. The van der Waals surface area contributed by atoms with Crippen molar-refractivity contribution in [3.05, 3.63) is 89.7 Å². The third-order valence-corrected chi connectivity index (χ3v) is 6.23. The van der Waals surface area contributed by atoms with Crippen LogP contribution in [0, 0.1) is 0 Å². The van der Waals surface area contributed by atoms with Gasteiger partial charge in [0.2, 0.25) is 5.91 Å². The number of nitrogens with one attached hydrogen (secondary N) is 1. The molecule has 0 spiro atoms. The van der Waals surface area contributed by atoms with Crippen molar-refractivity contribution in [1.29, 1.82) is 0 Å². The van der Waals surface area contributed by atoms with Gasteiger partial charge in [-0.2, -0.15) is 0 Å². The van der Waals surface area contributed by atoms with E-state index in [1.807, 2.05) is 47.0 Å². The van der Waals surface area contributed by atoms with Crippen LogP contribution in [0.5, 0.6) is 5.75 Å². The first-order chi connectivity index (χ1) is 17.6. The molecule has 5 rings (SSSR count). The van der Waals surface area contributed by atoms with Crippen LogP contribution < -0.4 is 10.1 Å². The molecular formula is C28H28N4O4. The zero-order valence-electron chi connectivity index (χ0n) is 20.1. The fourth-order valence-electron chi connectivity index (χ4n) is 4.51. The Kier molecular flexibility index (Phi) is 6.95. The highest BCUT2D eigenvalue weighted by molar-refractivity contribution is 6.07. The molecule has 184 valence electrons. The van der Waals surface area contributed by atoms with Crippen LogP contribution in [0.25, 0.3) is 11.0 Å². The van der Waals surface area contributed by atoms with E-state index in [-0.39, 0.29) is 18.4 Å². The summed E-state index contributed by atoms with van der Waals surface area (Å²) in [6, 6.07) is 21.5. The predicted molar refractivity (Wildman–Crippen MR) is 137 cm³/mol. The second kappa shape index (κ2) is 10.6. The van der Waals surface area contributed by atoms with Gasteiger partial charge in [0.1, 0.15) is 19.0 Å². The fourth-order valence-corrected chi connectivity index (χ4v) is 4.51.